The SMILES string of the molecule is CCC[C@H](CCOCc1ccccc1)Oc1nc(N(Cc2ccc(OC)cc2OC)Cc2ccc(OC)cc2OC)c2ncc(C(O)c3cc(F)c(OCCN(C)C(=O)OC(C)(C)C)cc3F)n2n1. The van der Waals surface area contributed by atoms with Crippen LogP contribution in [0.1, 0.15) is 81.0 Å². The van der Waals surface area contributed by atoms with Gasteiger partial charge in [0.25, 0.3) is 0 Å². The van der Waals surface area contributed by atoms with Crippen molar-refractivity contribution in [3.05, 3.63) is 125 Å². The molecule has 1 N–H and O–H groups in total. The summed E-state index contributed by atoms with van der Waals surface area (Å²) in [6.07, 6.45) is 0.471. The third-order valence-electron chi connectivity index (χ3n) is 11.0. The van der Waals surface area contributed by atoms with Crippen molar-refractivity contribution in [2.24, 2.45) is 0 Å². The summed E-state index contributed by atoms with van der Waals surface area (Å²) >= 11 is 0. The number of ether oxygens (including phenoxy) is 8. The Morgan fingerprint density at radius 3 is 2.06 bits per heavy atom. The van der Waals surface area contributed by atoms with Gasteiger partial charge >= 0.3 is 12.1 Å². The van der Waals surface area contributed by atoms with Crippen molar-refractivity contribution in [3.63, 3.8) is 0 Å². The number of amides is 1. The lowest BCUT2D eigenvalue weighted by atomic mass is 10.1. The third kappa shape index (κ3) is 13.6. The fourth-order valence-electron chi connectivity index (χ4n) is 7.35. The number of carbonyl (C=O) groups excluding carboxylic acids is 1. The normalized spacial score (nSPS) is 12.3. The number of likely N-dealkylation sites (N-methyl/N-ethyl adjacent to an activating group) is 1. The zero-order valence-electron chi connectivity index (χ0n) is 40.7. The average Bonchev–Trinajstić information content (AvgIpc) is 3.77. The summed E-state index contributed by atoms with van der Waals surface area (Å²) < 4.78 is 79.3. The van der Waals surface area contributed by atoms with E-state index >= 15 is 8.78 Å². The minimum absolute atomic E-state index is 0.00769. The van der Waals surface area contributed by atoms with E-state index in [1.54, 1.807) is 61.3 Å². The highest BCUT2D eigenvalue weighted by Gasteiger charge is 2.28. The largest absolute Gasteiger partial charge is 0.497 e. The van der Waals surface area contributed by atoms with Crippen molar-refractivity contribution in [2.45, 2.75) is 84.5 Å². The van der Waals surface area contributed by atoms with Gasteiger partial charge in [-0.05, 0) is 63.1 Å². The van der Waals surface area contributed by atoms with Crippen LogP contribution < -0.4 is 33.3 Å². The van der Waals surface area contributed by atoms with Gasteiger partial charge in [-0.1, -0.05) is 43.7 Å². The fourth-order valence-corrected chi connectivity index (χ4v) is 7.35. The van der Waals surface area contributed by atoms with Crippen molar-refractivity contribution in [1.29, 1.82) is 0 Å². The van der Waals surface area contributed by atoms with Gasteiger partial charge in [-0.3, -0.25) is 0 Å². The average molecular weight is 957 g/mol. The van der Waals surface area contributed by atoms with E-state index in [-0.39, 0.29) is 49.4 Å². The molecular weight excluding hydrogens is 895 g/mol. The molecule has 16 nitrogen and oxygen atoms in total. The molecule has 18 heteroatoms. The Kier molecular flexibility index (Phi) is 17.8. The number of fused-ring (bicyclic) bond motifs is 1. The number of aromatic nitrogens is 4. The topological polar surface area (TPSA) is 161 Å². The molecule has 370 valence electrons. The highest BCUT2D eigenvalue weighted by Crippen LogP contribution is 2.36. The van der Waals surface area contributed by atoms with Gasteiger partial charge in [0.1, 0.15) is 53.2 Å². The quantitative estimate of drug-likeness (QED) is 0.0572. The third-order valence-corrected chi connectivity index (χ3v) is 11.0. The Hall–Kier alpha value is -6.92. The molecule has 4 aromatic carbocycles. The molecular formula is C51H62F2N6O10. The molecule has 1 amide bonds. The second kappa shape index (κ2) is 23.9. The number of aliphatic hydroxyl groups is 1. The van der Waals surface area contributed by atoms with Crippen molar-refractivity contribution in [1.82, 2.24) is 24.5 Å². The Morgan fingerprint density at radius 2 is 1.46 bits per heavy atom. The summed E-state index contributed by atoms with van der Waals surface area (Å²) in [7, 11) is 7.77. The molecule has 6 rings (SSSR count). The van der Waals surface area contributed by atoms with Gasteiger partial charge in [0.15, 0.2) is 23.0 Å². The van der Waals surface area contributed by atoms with Gasteiger partial charge in [-0.15, -0.1) is 5.10 Å². The van der Waals surface area contributed by atoms with E-state index in [2.05, 4.69) is 0 Å². The minimum Gasteiger partial charge on any atom is -0.497 e. The van der Waals surface area contributed by atoms with Crippen molar-refractivity contribution in [3.8, 4) is 34.8 Å². The number of imidazole rings is 1. The van der Waals surface area contributed by atoms with Gasteiger partial charge < -0.3 is 52.8 Å². The van der Waals surface area contributed by atoms with Gasteiger partial charge in [-0.25, -0.2) is 23.1 Å². The number of anilines is 1. The van der Waals surface area contributed by atoms with E-state index in [0.29, 0.717) is 49.1 Å². The summed E-state index contributed by atoms with van der Waals surface area (Å²) in [5, 5.41) is 16.7. The summed E-state index contributed by atoms with van der Waals surface area (Å²) in [6.45, 7) is 8.32. The molecule has 0 spiro atoms. The molecule has 0 saturated heterocycles. The Labute approximate surface area is 401 Å². The van der Waals surface area contributed by atoms with E-state index in [9.17, 15) is 9.90 Å². The molecule has 0 aliphatic heterocycles. The first-order valence-corrected chi connectivity index (χ1v) is 22.6. The van der Waals surface area contributed by atoms with Gasteiger partial charge in [-0.2, -0.15) is 4.98 Å². The van der Waals surface area contributed by atoms with Gasteiger partial charge in [0.05, 0.1) is 60.1 Å². The number of benzene rings is 4. The number of halogens is 2. The summed E-state index contributed by atoms with van der Waals surface area (Å²) in [6, 6.07) is 22.4. The lowest BCUT2D eigenvalue weighted by molar-refractivity contribution is 0.0277. The van der Waals surface area contributed by atoms with Crippen LogP contribution in [0.25, 0.3) is 5.65 Å². The Morgan fingerprint density at radius 1 is 0.812 bits per heavy atom. The lowest BCUT2D eigenvalue weighted by Crippen LogP contribution is -2.36. The number of methoxy groups -OCH3 is 4. The van der Waals surface area contributed by atoms with Gasteiger partial charge in [0.2, 0.25) is 0 Å². The van der Waals surface area contributed by atoms with Crippen LogP contribution in [0.15, 0.2) is 85.1 Å². The van der Waals surface area contributed by atoms with Crippen LogP contribution in [-0.4, -0.2) is 103 Å². The fraction of sp³-hybridized carbons (Fsp3) is 0.412. The van der Waals surface area contributed by atoms with Crippen LogP contribution in [0.5, 0.6) is 34.8 Å². The van der Waals surface area contributed by atoms with E-state index in [0.717, 1.165) is 35.2 Å². The van der Waals surface area contributed by atoms with Crippen LogP contribution in [0.2, 0.25) is 0 Å². The van der Waals surface area contributed by atoms with Crippen molar-refractivity contribution < 1.29 is 56.6 Å². The van der Waals surface area contributed by atoms with Gasteiger partial charge in [0, 0.05) is 61.4 Å². The number of hydrogen-bond donors (Lipinski definition) is 1. The summed E-state index contributed by atoms with van der Waals surface area (Å²) in [5.41, 5.74) is 1.60. The zero-order valence-corrected chi connectivity index (χ0v) is 40.7. The number of hydrogen-bond acceptors (Lipinski definition) is 14. The molecule has 2 atom stereocenters. The van der Waals surface area contributed by atoms with Crippen LogP contribution in [-0.2, 0) is 29.2 Å². The van der Waals surface area contributed by atoms with E-state index in [1.807, 2.05) is 66.4 Å². The summed E-state index contributed by atoms with van der Waals surface area (Å²) in [5.74, 6) is 0.233. The van der Waals surface area contributed by atoms with Crippen LogP contribution in [0, 0.1) is 11.6 Å². The first-order valence-electron chi connectivity index (χ1n) is 22.6. The maximum Gasteiger partial charge on any atom is 0.410 e. The predicted octanol–water partition coefficient (Wildman–Crippen LogP) is 9.13. The van der Waals surface area contributed by atoms with E-state index in [1.165, 1.54) is 22.7 Å². The second-order valence-electron chi connectivity index (χ2n) is 17.2. The Bertz CT molecular complexity index is 2570. The lowest BCUT2D eigenvalue weighted by Gasteiger charge is -2.27. The Balaban J connectivity index is 1.40. The molecule has 2 heterocycles. The number of carbonyl (C=O) groups is 1. The predicted molar refractivity (Wildman–Crippen MR) is 255 cm³/mol. The second-order valence-corrected chi connectivity index (χ2v) is 17.2. The summed E-state index contributed by atoms with van der Waals surface area (Å²) in [4.78, 5) is 25.3. The van der Waals surface area contributed by atoms with E-state index < -0.39 is 46.8 Å². The molecule has 0 saturated carbocycles. The molecule has 2 aromatic heterocycles. The molecule has 69 heavy (non-hydrogen) atoms. The molecule has 0 aliphatic rings. The molecule has 6 aromatic rings. The first-order chi connectivity index (χ1) is 33.1. The number of rotatable bonds is 24. The zero-order chi connectivity index (χ0) is 49.7. The molecule has 0 aliphatic carbocycles. The van der Waals surface area contributed by atoms with Crippen LogP contribution >= 0.6 is 0 Å². The highest BCUT2D eigenvalue weighted by molar-refractivity contribution is 5.68. The number of aliphatic hydroxyl groups excluding tert-OH is 1. The maximum atomic E-state index is 16.1. The highest BCUT2D eigenvalue weighted by atomic mass is 19.1. The minimum atomic E-state index is -1.79. The number of nitrogens with zero attached hydrogens (tertiary/aromatic N) is 6. The van der Waals surface area contributed by atoms with E-state index in [4.69, 9.17) is 53.0 Å². The molecule has 0 bridgehead atoms. The standard InChI is InChI=1S/C51H62F2N6O10/c1-10-14-36(21-23-66-32-33-15-12-11-13-16-33)68-49-55-48(58(30-34-17-19-37(62-6)25-43(34)64-8)31-35-18-20-38(63-7)26-44(35)65-9)47-54-29-42(59(47)56-49)46(60)39-27-41(53)45(28-40(39)52)67-24-22-57(5)50(61)69-51(2,3)4/h11-13,15-20,25-29,36,46,60H,10,14,21-24,30-32H2,1-9H3/t36-,46?/m1/s1. The smallest absolute Gasteiger partial charge is 0.410 e. The molecule has 0 fully saturated rings. The first kappa shape index (κ1) is 51.5. The monoisotopic (exact) mass is 956 g/mol. The van der Waals surface area contributed by atoms with Crippen molar-refractivity contribution in [2.75, 3.05) is 60.1 Å². The van der Waals surface area contributed by atoms with Crippen LogP contribution in [0.4, 0.5) is 19.4 Å². The van der Waals surface area contributed by atoms with Crippen LogP contribution in [0.3, 0.4) is 0 Å². The molecule has 1 unspecified atom stereocenters. The van der Waals surface area contributed by atoms with Crippen molar-refractivity contribution >= 4 is 17.6 Å². The molecule has 0 radical (unpaired) electrons. The maximum absolute atomic E-state index is 16.1.